The van der Waals surface area contributed by atoms with Crippen molar-refractivity contribution in [1.82, 2.24) is 5.43 Å². The minimum absolute atomic E-state index is 0.136. The number of fused-ring (bicyclic) bond motifs is 1. The number of hydrogen-bond donors (Lipinski definition) is 2. The van der Waals surface area contributed by atoms with Gasteiger partial charge in [-0.05, 0) is 42.6 Å². The first-order valence-electron chi connectivity index (χ1n) is 7.96. The van der Waals surface area contributed by atoms with E-state index in [2.05, 4.69) is 10.5 Å². The highest BCUT2D eigenvalue weighted by atomic mass is 16.5. The van der Waals surface area contributed by atoms with E-state index in [1.807, 2.05) is 37.3 Å². The zero-order chi connectivity index (χ0) is 17.6. The highest BCUT2D eigenvalue weighted by molar-refractivity contribution is 5.98. The van der Waals surface area contributed by atoms with Crippen LogP contribution in [-0.2, 0) is 0 Å². The van der Waals surface area contributed by atoms with E-state index in [1.165, 1.54) is 6.21 Å². The number of amides is 1. The zero-order valence-corrected chi connectivity index (χ0v) is 13.8. The Balaban J connectivity index is 1.70. The summed E-state index contributed by atoms with van der Waals surface area (Å²) in [5.74, 6) is 0.514. The highest BCUT2D eigenvalue weighted by Gasteiger charge is 2.06. The van der Waals surface area contributed by atoms with Crippen LogP contribution in [-0.4, -0.2) is 23.8 Å². The molecule has 0 bridgehead atoms. The number of ether oxygens (including phenoxy) is 1. The third kappa shape index (κ3) is 3.77. The molecule has 3 rings (SSSR count). The highest BCUT2D eigenvalue weighted by Crippen LogP contribution is 2.27. The fourth-order valence-corrected chi connectivity index (χ4v) is 2.47. The molecule has 126 valence electrons. The van der Waals surface area contributed by atoms with E-state index in [0.29, 0.717) is 23.5 Å². The second-order valence-corrected chi connectivity index (χ2v) is 5.38. The van der Waals surface area contributed by atoms with Gasteiger partial charge in [-0.1, -0.05) is 30.3 Å². The first kappa shape index (κ1) is 16.5. The van der Waals surface area contributed by atoms with Crippen LogP contribution in [0.3, 0.4) is 0 Å². The molecular formula is C20H18N2O3. The van der Waals surface area contributed by atoms with Gasteiger partial charge in [0.2, 0.25) is 0 Å². The van der Waals surface area contributed by atoms with Crippen molar-refractivity contribution >= 4 is 22.9 Å². The molecule has 3 aromatic carbocycles. The van der Waals surface area contributed by atoms with Crippen LogP contribution in [0.5, 0.6) is 11.5 Å². The third-order valence-electron chi connectivity index (χ3n) is 3.73. The van der Waals surface area contributed by atoms with Crippen molar-refractivity contribution in [3.8, 4) is 11.5 Å². The van der Waals surface area contributed by atoms with Crippen LogP contribution < -0.4 is 10.2 Å². The summed E-state index contributed by atoms with van der Waals surface area (Å²) >= 11 is 0. The molecule has 1 amide bonds. The van der Waals surface area contributed by atoms with E-state index in [4.69, 9.17) is 4.74 Å². The lowest BCUT2D eigenvalue weighted by molar-refractivity contribution is 0.0955. The lowest BCUT2D eigenvalue weighted by Crippen LogP contribution is -2.17. The van der Waals surface area contributed by atoms with E-state index in [9.17, 15) is 9.90 Å². The van der Waals surface area contributed by atoms with Gasteiger partial charge in [0, 0.05) is 16.5 Å². The van der Waals surface area contributed by atoms with Crippen molar-refractivity contribution in [2.24, 2.45) is 5.10 Å². The molecule has 0 fully saturated rings. The van der Waals surface area contributed by atoms with Crippen molar-refractivity contribution < 1.29 is 14.6 Å². The van der Waals surface area contributed by atoms with Gasteiger partial charge >= 0.3 is 0 Å². The molecule has 0 aliphatic heterocycles. The molecule has 5 heteroatoms. The van der Waals surface area contributed by atoms with Gasteiger partial charge in [-0.2, -0.15) is 5.10 Å². The number of aromatic hydroxyl groups is 1. The predicted octanol–water partition coefficient (Wildman–Crippen LogP) is 3.71. The number of carbonyl (C=O) groups is 1. The minimum atomic E-state index is -0.334. The summed E-state index contributed by atoms with van der Waals surface area (Å²) in [6.45, 7) is 2.47. The molecule has 25 heavy (non-hydrogen) atoms. The van der Waals surface area contributed by atoms with Crippen molar-refractivity contribution in [2.75, 3.05) is 6.61 Å². The molecule has 0 saturated heterocycles. The Morgan fingerprint density at radius 1 is 1.12 bits per heavy atom. The van der Waals surface area contributed by atoms with Gasteiger partial charge in [0.1, 0.15) is 11.5 Å². The van der Waals surface area contributed by atoms with Crippen molar-refractivity contribution in [2.45, 2.75) is 6.92 Å². The predicted molar refractivity (Wildman–Crippen MR) is 98.3 cm³/mol. The monoisotopic (exact) mass is 334 g/mol. The lowest BCUT2D eigenvalue weighted by atomic mass is 10.1. The Bertz CT molecular complexity index is 918. The van der Waals surface area contributed by atoms with Crippen LogP contribution in [0.15, 0.2) is 65.8 Å². The molecule has 0 aliphatic rings. The average molecular weight is 334 g/mol. The molecule has 2 N–H and O–H groups in total. The number of benzene rings is 3. The lowest BCUT2D eigenvalue weighted by Gasteiger charge is -2.05. The fourth-order valence-electron chi connectivity index (χ4n) is 2.47. The van der Waals surface area contributed by atoms with Gasteiger partial charge in [0.05, 0.1) is 12.8 Å². The normalized spacial score (nSPS) is 10.9. The summed E-state index contributed by atoms with van der Waals surface area (Å²) in [5, 5.41) is 15.9. The summed E-state index contributed by atoms with van der Waals surface area (Å²) in [6, 6.07) is 18.0. The Morgan fingerprint density at radius 3 is 2.64 bits per heavy atom. The molecule has 5 nitrogen and oxygen atoms in total. The van der Waals surface area contributed by atoms with Crippen molar-refractivity contribution in [3.63, 3.8) is 0 Å². The average Bonchev–Trinajstić information content (AvgIpc) is 2.64. The van der Waals surface area contributed by atoms with Gasteiger partial charge in [-0.3, -0.25) is 4.79 Å². The van der Waals surface area contributed by atoms with Gasteiger partial charge in [-0.25, -0.2) is 5.43 Å². The van der Waals surface area contributed by atoms with Gasteiger partial charge in [0.15, 0.2) is 0 Å². The SMILES string of the molecule is CCOc1ccc(C(=O)N/N=C/c2ccc3ccccc3c2O)cc1. The number of hydrazone groups is 1. The van der Waals surface area contributed by atoms with E-state index < -0.39 is 0 Å². The van der Waals surface area contributed by atoms with E-state index in [0.717, 1.165) is 10.8 Å². The van der Waals surface area contributed by atoms with E-state index in [-0.39, 0.29) is 11.7 Å². The third-order valence-corrected chi connectivity index (χ3v) is 3.73. The Morgan fingerprint density at radius 2 is 1.88 bits per heavy atom. The zero-order valence-electron chi connectivity index (χ0n) is 13.8. The topological polar surface area (TPSA) is 70.9 Å². The number of hydrogen-bond acceptors (Lipinski definition) is 4. The summed E-state index contributed by atoms with van der Waals surface area (Å²) in [7, 11) is 0. The second kappa shape index (κ2) is 7.49. The molecule has 0 heterocycles. The van der Waals surface area contributed by atoms with E-state index in [1.54, 1.807) is 30.3 Å². The first-order valence-corrected chi connectivity index (χ1v) is 7.96. The van der Waals surface area contributed by atoms with Crippen LogP contribution in [0.2, 0.25) is 0 Å². The van der Waals surface area contributed by atoms with E-state index >= 15 is 0 Å². The first-order chi connectivity index (χ1) is 12.2. The molecule has 0 radical (unpaired) electrons. The molecule has 0 saturated carbocycles. The quantitative estimate of drug-likeness (QED) is 0.552. The molecule has 3 aromatic rings. The van der Waals surface area contributed by atoms with Crippen molar-refractivity contribution in [1.29, 1.82) is 0 Å². The van der Waals surface area contributed by atoms with Crippen molar-refractivity contribution in [3.05, 3.63) is 71.8 Å². The Kier molecular flexibility index (Phi) is 4.95. The molecule has 0 aliphatic carbocycles. The minimum Gasteiger partial charge on any atom is -0.507 e. The summed E-state index contributed by atoms with van der Waals surface area (Å²) in [6.07, 6.45) is 1.42. The number of nitrogens with zero attached hydrogens (tertiary/aromatic N) is 1. The maximum absolute atomic E-state index is 12.1. The number of carbonyl (C=O) groups excluding carboxylic acids is 1. The second-order valence-electron chi connectivity index (χ2n) is 5.38. The summed E-state index contributed by atoms with van der Waals surface area (Å²) in [5.41, 5.74) is 3.46. The number of phenolic OH excluding ortho intramolecular Hbond substituents is 1. The maximum atomic E-state index is 12.1. The maximum Gasteiger partial charge on any atom is 0.271 e. The smallest absolute Gasteiger partial charge is 0.271 e. The summed E-state index contributed by atoms with van der Waals surface area (Å²) < 4.78 is 5.34. The molecule has 0 unspecified atom stereocenters. The number of phenols is 1. The Hall–Kier alpha value is -3.34. The fraction of sp³-hybridized carbons (Fsp3) is 0.100. The van der Waals surface area contributed by atoms with Gasteiger partial charge in [0.25, 0.3) is 5.91 Å². The molecular weight excluding hydrogens is 316 g/mol. The van der Waals surface area contributed by atoms with Crippen LogP contribution in [0.1, 0.15) is 22.8 Å². The molecule has 0 aromatic heterocycles. The van der Waals surface area contributed by atoms with Crippen LogP contribution in [0.4, 0.5) is 0 Å². The van der Waals surface area contributed by atoms with Gasteiger partial charge in [-0.15, -0.1) is 0 Å². The number of rotatable bonds is 5. The van der Waals surface area contributed by atoms with Gasteiger partial charge < -0.3 is 9.84 Å². The Labute approximate surface area is 145 Å². The van der Waals surface area contributed by atoms with Crippen LogP contribution in [0, 0.1) is 0 Å². The molecule has 0 spiro atoms. The summed E-state index contributed by atoms with van der Waals surface area (Å²) in [4.78, 5) is 12.1. The number of nitrogens with one attached hydrogen (secondary N) is 1. The largest absolute Gasteiger partial charge is 0.507 e. The molecule has 0 atom stereocenters. The standard InChI is InChI=1S/C20H18N2O3/c1-2-25-17-11-9-15(10-12-17)20(24)22-21-13-16-8-7-14-5-3-4-6-18(14)19(16)23/h3-13,23H,2H2,1H3,(H,22,24)/b21-13+. The van der Waals surface area contributed by atoms with Crippen LogP contribution in [0.25, 0.3) is 10.8 Å². The van der Waals surface area contributed by atoms with Crippen LogP contribution >= 0.6 is 0 Å².